The minimum absolute atomic E-state index is 1.12. The summed E-state index contributed by atoms with van der Waals surface area (Å²) in [6, 6.07) is 24.3. The lowest BCUT2D eigenvalue weighted by Crippen LogP contribution is -1.91. The topological polar surface area (TPSA) is 0 Å². The first-order valence-corrected chi connectivity index (χ1v) is 8.45. The van der Waals surface area contributed by atoms with Crippen LogP contribution in [-0.2, 0) is 6.42 Å². The zero-order chi connectivity index (χ0) is 16.2. The SMILES string of the molecule is CCCc1cc(-c2ccccc2C)cc(-c2ccccc2C)c1. The molecular weight excluding hydrogens is 276 g/mol. The first kappa shape index (κ1) is 15.6. The normalized spacial score (nSPS) is 10.7. The average Bonchev–Trinajstić information content (AvgIpc) is 2.56. The molecule has 0 heteroatoms. The zero-order valence-electron chi connectivity index (χ0n) is 14.3. The summed E-state index contributed by atoms with van der Waals surface area (Å²) in [5, 5.41) is 0. The van der Waals surface area contributed by atoms with Crippen molar-refractivity contribution in [3.05, 3.63) is 83.4 Å². The predicted molar refractivity (Wildman–Crippen MR) is 101 cm³/mol. The molecule has 116 valence electrons. The van der Waals surface area contributed by atoms with Crippen LogP contribution in [0.3, 0.4) is 0 Å². The average molecular weight is 300 g/mol. The first-order valence-electron chi connectivity index (χ1n) is 8.45. The van der Waals surface area contributed by atoms with Gasteiger partial charge in [-0.25, -0.2) is 0 Å². The third kappa shape index (κ3) is 3.37. The van der Waals surface area contributed by atoms with Crippen molar-refractivity contribution < 1.29 is 0 Å². The maximum Gasteiger partial charge on any atom is -0.0154 e. The summed E-state index contributed by atoms with van der Waals surface area (Å²) in [5.41, 5.74) is 9.40. The van der Waals surface area contributed by atoms with Gasteiger partial charge in [0.1, 0.15) is 0 Å². The molecule has 0 aliphatic carbocycles. The molecule has 0 radical (unpaired) electrons. The minimum Gasteiger partial charge on any atom is -0.0651 e. The van der Waals surface area contributed by atoms with E-state index in [-0.39, 0.29) is 0 Å². The Bertz CT molecular complexity index is 748. The summed E-state index contributed by atoms with van der Waals surface area (Å²) < 4.78 is 0. The Kier molecular flexibility index (Phi) is 4.62. The van der Waals surface area contributed by atoms with Gasteiger partial charge in [0.2, 0.25) is 0 Å². The van der Waals surface area contributed by atoms with Crippen LogP contribution in [0, 0.1) is 13.8 Å². The van der Waals surface area contributed by atoms with E-state index in [9.17, 15) is 0 Å². The zero-order valence-corrected chi connectivity index (χ0v) is 14.3. The predicted octanol–water partition coefficient (Wildman–Crippen LogP) is 6.59. The molecule has 3 aromatic carbocycles. The van der Waals surface area contributed by atoms with Gasteiger partial charge < -0.3 is 0 Å². The molecule has 23 heavy (non-hydrogen) atoms. The smallest absolute Gasteiger partial charge is 0.0154 e. The van der Waals surface area contributed by atoms with Crippen molar-refractivity contribution in [2.24, 2.45) is 0 Å². The van der Waals surface area contributed by atoms with Gasteiger partial charge in [0.25, 0.3) is 0 Å². The fourth-order valence-corrected chi connectivity index (χ4v) is 3.23. The van der Waals surface area contributed by atoms with Gasteiger partial charge in [-0.1, -0.05) is 74.0 Å². The van der Waals surface area contributed by atoms with Crippen LogP contribution in [0.1, 0.15) is 30.0 Å². The second kappa shape index (κ2) is 6.83. The standard InChI is InChI=1S/C23H24/c1-4-9-19-14-20(22-12-7-5-10-17(22)2)16-21(15-19)23-13-8-6-11-18(23)3/h5-8,10-16H,4,9H2,1-3H3. The van der Waals surface area contributed by atoms with Crippen molar-refractivity contribution in [2.45, 2.75) is 33.6 Å². The van der Waals surface area contributed by atoms with E-state index in [1.54, 1.807) is 0 Å². The molecule has 0 atom stereocenters. The van der Waals surface area contributed by atoms with Gasteiger partial charge in [0.05, 0.1) is 0 Å². The Morgan fingerprint density at radius 1 is 0.652 bits per heavy atom. The van der Waals surface area contributed by atoms with Crippen molar-refractivity contribution in [3.8, 4) is 22.3 Å². The number of benzene rings is 3. The van der Waals surface area contributed by atoms with E-state index in [0.29, 0.717) is 0 Å². The summed E-state index contributed by atoms with van der Waals surface area (Å²) in [4.78, 5) is 0. The molecule has 0 fully saturated rings. The van der Waals surface area contributed by atoms with Gasteiger partial charge in [-0.3, -0.25) is 0 Å². The highest BCUT2D eigenvalue weighted by atomic mass is 14.1. The van der Waals surface area contributed by atoms with Crippen molar-refractivity contribution in [1.29, 1.82) is 0 Å². The molecule has 0 saturated heterocycles. The van der Waals surface area contributed by atoms with Crippen LogP contribution in [-0.4, -0.2) is 0 Å². The van der Waals surface area contributed by atoms with E-state index in [1.807, 2.05) is 0 Å². The number of aryl methyl sites for hydroxylation is 3. The summed E-state index contributed by atoms with van der Waals surface area (Å²) in [6.07, 6.45) is 2.29. The third-order valence-electron chi connectivity index (χ3n) is 4.44. The highest BCUT2D eigenvalue weighted by Gasteiger charge is 2.08. The van der Waals surface area contributed by atoms with E-state index in [4.69, 9.17) is 0 Å². The minimum atomic E-state index is 1.12. The van der Waals surface area contributed by atoms with Crippen LogP contribution in [0.25, 0.3) is 22.3 Å². The van der Waals surface area contributed by atoms with Crippen molar-refractivity contribution in [2.75, 3.05) is 0 Å². The summed E-state index contributed by atoms with van der Waals surface area (Å²) in [7, 11) is 0. The molecular formula is C23H24. The van der Waals surface area contributed by atoms with Gasteiger partial charge >= 0.3 is 0 Å². The molecule has 3 rings (SSSR count). The lowest BCUT2D eigenvalue weighted by Gasteiger charge is -2.13. The molecule has 0 aliphatic heterocycles. The second-order valence-electron chi connectivity index (χ2n) is 6.30. The summed E-state index contributed by atoms with van der Waals surface area (Å²) in [5.74, 6) is 0. The Morgan fingerprint density at radius 2 is 1.13 bits per heavy atom. The van der Waals surface area contributed by atoms with Crippen LogP contribution in [0.4, 0.5) is 0 Å². The van der Waals surface area contributed by atoms with Crippen LogP contribution >= 0.6 is 0 Å². The number of hydrogen-bond donors (Lipinski definition) is 0. The Labute approximate surface area is 139 Å². The van der Waals surface area contributed by atoms with Crippen LogP contribution in [0.15, 0.2) is 66.7 Å². The molecule has 0 spiro atoms. The highest BCUT2D eigenvalue weighted by Crippen LogP contribution is 2.31. The molecule has 0 aromatic heterocycles. The van der Waals surface area contributed by atoms with Gasteiger partial charge in [-0.2, -0.15) is 0 Å². The Hall–Kier alpha value is -2.34. The highest BCUT2D eigenvalue weighted by molar-refractivity contribution is 5.77. The van der Waals surface area contributed by atoms with Gasteiger partial charge in [-0.05, 0) is 65.3 Å². The maximum atomic E-state index is 2.35. The molecule has 0 amide bonds. The van der Waals surface area contributed by atoms with Crippen LogP contribution in [0.5, 0.6) is 0 Å². The second-order valence-corrected chi connectivity index (χ2v) is 6.30. The fraction of sp³-hybridized carbons (Fsp3) is 0.217. The van der Waals surface area contributed by atoms with Crippen molar-refractivity contribution in [1.82, 2.24) is 0 Å². The van der Waals surface area contributed by atoms with Crippen LogP contribution in [0.2, 0.25) is 0 Å². The van der Waals surface area contributed by atoms with E-state index in [1.165, 1.54) is 45.4 Å². The van der Waals surface area contributed by atoms with E-state index < -0.39 is 0 Å². The van der Waals surface area contributed by atoms with E-state index in [0.717, 1.165) is 6.42 Å². The molecule has 0 aliphatic rings. The molecule has 0 N–H and O–H groups in total. The third-order valence-corrected chi connectivity index (χ3v) is 4.44. The molecule has 0 saturated carbocycles. The van der Waals surface area contributed by atoms with Gasteiger partial charge in [0.15, 0.2) is 0 Å². The summed E-state index contributed by atoms with van der Waals surface area (Å²) >= 11 is 0. The largest absolute Gasteiger partial charge is 0.0651 e. The first-order chi connectivity index (χ1) is 11.2. The van der Waals surface area contributed by atoms with Crippen LogP contribution < -0.4 is 0 Å². The lowest BCUT2D eigenvalue weighted by atomic mass is 9.91. The quantitative estimate of drug-likeness (QED) is 0.510. The molecule has 0 heterocycles. The molecule has 0 nitrogen and oxygen atoms in total. The monoisotopic (exact) mass is 300 g/mol. The van der Waals surface area contributed by atoms with E-state index in [2.05, 4.69) is 87.5 Å². The van der Waals surface area contributed by atoms with Crippen molar-refractivity contribution >= 4 is 0 Å². The molecule has 3 aromatic rings. The van der Waals surface area contributed by atoms with Gasteiger partial charge in [-0.15, -0.1) is 0 Å². The molecule has 0 unspecified atom stereocenters. The van der Waals surface area contributed by atoms with E-state index >= 15 is 0 Å². The van der Waals surface area contributed by atoms with Gasteiger partial charge in [0, 0.05) is 0 Å². The Balaban J connectivity index is 2.18. The number of rotatable bonds is 4. The van der Waals surface area contributed by atoms with Crippen molar-refractivity contribution in [3.63, 3.8) is 0 Å². The lowest BCUT2D eigenvalue weighted by molar-refractivity contribution is 0.922. The fourth-order valence-electron chi connectivity index (χ4n) is 3.23. The Morgan fingerprint density at radius 3 is 1.57 bits per heavy atom. The molecule has 0 bridgehead atoms. The number of hydrogen-bond acceptors (Lipinski definition) is 0. The maximum absolute atomic E-state index is 2.35. The summed E-state index contributed by atoms with van der Waals surface area (Å²) in [6.45, 7) is 6.62.